The summed E-state index contributed by atoms with van der Waals surface area (Å²) in [5.74, 6) is 0.957. The third kappa shape index (κ3) is 2.57. The van der Waals surface area contributed by atoms with Crippen molar-refractivity contribution in [3.05, 3.63) is 0 Å². The number of nitrogens with two attached hydrogens (primary N) is 1. The van der Waals surface area contributed by atoms with Gasteiger partial charge in [0.2, 0.25) is 5.91 Å². The average molecular weight is 226 g/mol. The van der Waals surface area contributed by atoms with Gasteiger partial charge in [0.05, 0.1) is 6.04 Å². The van der Waals surface area contributed by atoms with Crippen molar-refractivity contribution in [1.82, 2.24) is 4.90 Å². The van der Waals surface area contributed by atoms with E-state index in [9.17, 15) is 4.79 Å². The summed E-state index contributed by atoms with van der Waals surface area (Å²) in [6.07, 6.45) is 1.10. The summed E-state index contributed by atoms with van der Waals surface area (Å²) in [5, 5.41) is 0. The molecule has 94 valence electrons. The minimum absolute atomic E-state index is 0.124. The van der Waals surface area contributed by atoms with Gasteiger partial charge in [0.25, 0.3) is 0 Å². The minimum Gasteiger partial charge on any atom is -0.341 e. The molecule has 2 N–H and O–H groups in total. The van der Waals surface area contributed by atoms with E-state index in [0.717, 1.165) is 19.5 Å². The molecule has 0 aliphatic carbocycles. The number of hydrogen-bond acceptors (Lipinski definition) is 2. The molecule has 3 nitrogen and oxygen atoms in total. The fraction of sp³-hybridized carbons (Fsp3) is 0.923. The molecule has 0 radical (unpaired) electrons. The van der Waals surface area contributed by atoms with Crippen LogP contribution in [0.4, 0.5) is 0 Å². The monoisotopic (exact) mass is 226 g/mol. The van der Waals surface area contributed by atoms with Gasteiger partial charge in [-0.1, -0.05) is 34.6 Å². The summed E-state index contributed by atoms with van der Waals surface area (Å²) in [4.78, 5) is 14.0. The molecule has 1 rings (SSSR count). The first-order valence-electron chi connectivity index (χ1n) is 6.32. The first kappa shape index (κ1) is 13.5. The highest BCUT2D eigenvalue weighted by molar-refractivity contribution is 5.82. The highest BCUT2D eigenvalue weighted by Crippen LogP contribution is 2.37. The van der Waals surface area contributed by atoms with Crippen LogP contribution in [0, 0.1) is 17.3 Å². The van der Waals surface area contributed by atoms with Crippen LogP contribution in [0.2, 0.25) is 0 Å². The molecule has 1 aliphatic heterocycles. The molecule has 1 amide bonds. The maximum Gasteiger partial charge on any atom is 0.239 e. The van der Waals surface area contributed by atoms with Gasteiger partial charge in [-0.3, -0.25) is 4.79 Å². The molecule has 1 saturated heterocycles. The number of likely N-dealkylation sites (tertiary alicyclic amines) is 1. The van der Waals surface area contributed by atoms with Crippen LogP contribution >= 0.6 is 0 Å². The number of nitrogens with zero attached hydrogens (tertiary/aromatic N) is 1. The highest BCUT2D eigenvalue weighted by atomic mass is 16.2. The quantitative estimate of drug-likeness (QED) is 0.798. The van der Waals surface area contributed by atoms with Crippen molar-refractivity contribution in [3.63, 3.8) is 0 Å². The van der Waals surface area contributed by atoms with Gasteiger partial charge < -0.3 is 10.6 Å². The Hall–Kier alpha value is -0.570. The fourth-order valence-corrected chi connectivity index (χ4v) is 2.14. The molecule has 0 aromatic carbocycles. The predicted molar refractivity (Wildman–Crippen MR) is 67.0 cm³/mol. The normalized spacial score (nSPS) is 27.9. The van der Waals surface area contributed by atoms with E-state index in [-0.39, 0.29) is 23.3 Å². The van der Waals surface area contributed by atoms with E-state index in [1.54, 1.807) is 0 Å². The molecule has 1 fully saturated rings. The van der Waals surface area contributed by atoms with E-state index < -0.39 is 0 Å². The van der Waals surface area contributed by atoms with Crippen LogP contribution in [-0.2, 0) is 4.79 Å². The van der Waals surface area contributed by atoms with Crippen LogP contribution in [0.5, 0.6) is 0 Å². The van der Waals surface area contributed by atoms with Crippen molar-refractivity contribution in [2.75, 3.05) is 13.1 Å². The van der Waals surface area contributed by atoms with Crippen LogP contribution in [-0.4, -0.2) is 29.9 Å². The molecule has 0 aromatic rings. The van der Waals surface area contributed by atoms with Crippen molar-refractivity contribution in [2.24, 2.45) is 23.0 Å². The Kier molecular flexibility index (Phi) is 4.00. The maximum atomic E-state index is 12.1. The van der Waals surface area contributed by atoms with E-state index in [0.29, 0.717) is 5.92 Å². The van der Waals surface area contributed by atoms with Crippen LogP contribution in [0.15, 0.2) is 0 Å². The summed E-state index contributed by atoms with van der Waals surface area (Å²) in [7, 11) is 0. The van der Waals surface area contributed by atoms with E-state index in [1.165, 1.54) is 0 Å². The maximum absolute atomic E-state index is 12.1. The third-order valence-electron chi connectivity index (χ3n) is 4.21. The van der Waals surface area contributed by atoms with E-state index in [2.05, 4.69) is 20.8 Å². The van der Waals surface area contributed by atoms with E-state index in [1.807, 2.05) is 18.7 Å². The second-order valence-electron chi connectivity index (χ2n) is 6.09. The summed E-state index contributed by atoms with van der Waals surface area (Å²) >= 11 is 0. The fourth-order valence-electron chi connectivity index (χ4n) is 2.14. The van der Waals surface area contributed by atoms with Crippen molar-refractivity contribution < 1.29 is 4.79 Å². The van der Waals surface area contributed by atoms with Gasteiger partial charge in [-0.15, -0.1) is 0 Å². The van der Waals surface area contributed by atoms with Gasteiger partial charge in [-0.25, -0.2) is 0 Å². The lowest BCUT2D eigenvalue weighted by Crippen LogP contribution is -2.46. The summed E-state index contributed by atoms with van der Waals surface area (Å²) in [6, 6.07) is -0.338. The molecule has 1 aliphatic rings. The molecule has 2 atom stereocenters. The average Bonchev–Trinajstić information content (AvgIpc) is 2.60. The van der Waals surface area contributed by atoms with Crippen LogP contribution < -0.4 is 5.73 Å². The van der Waals surface area contributed by atoms with Gasteiger partial charge in [0.1, 0.15) is 0 Å². The standard InChI is InChI=1S/C13H26N2O/c1-9(2)11(14)12(16)15-7-6-13(5,8-15)10(3)4/h9-11H,6-8,14H2,1-5H3/t11-,13-/m0/s1. The second kappa shape index (κ2) is 4.74. The van der Waals surface area contributed by atoms with Crippen molar-refractivity contribution in [2.45, 2.75) is 47.1 Å². The van der Waals surface area contributed by atoms with Crippen molar-refractivity contribution in [1.29, 1.82) is 0 Å². The minimum atomic E-state index is -0.338. The first-order valence-corrected chi connectivity index (χ1v) is 6.32. The number of carbonyl (C=O) groups excluding carboxylic acids is 1. The second-order valence-corrected chi connectivity index (χ2v) is 6.09. The SMILES string of the molecule is CC(C)[C@H](N)C(=O)N1CC[C@](C)(C(C)C)C1. The van der Waals surface area contributed by atoms with Crippen LogP contribution in [0.3, 0.4) is 0 Å². The lowest BCUT2D eigenvalue weighted by atomic mass is 9.78. The van der Waals surface area contributed by atoms with Gasteiger partial charge in [0.15, 0.2) is 0 Å². The molecule has 0 aromatic heterocycles. The Morgan fingerprint density at radius 3 is 2.25 bits per heavy atom. The van der Waals surface area contributed by atoms with Gasteiger partial charge >= 0.3 is 0 Å². The Labute approximate surface area is 99.4 Å². The number of carbonyl (C=O) groups is 1. The molecule has 0 unspecified atom stereocenters. The molecular weight excluding hydrogens is 200 g/mol. The highest BCUT2D eigenvalue weighted by Gasteiger charge is 2.39. The molecular formula is C13H26N2O. The largest absolute Gasteiger partial charge is 0.341 e. The zero-order valence-electron chi connectivity index (χ0n) is 11.3. The molecule has 0 bridgehead atoms. The van der Waals surface area contributed by atoms with E-state index in [4.69, 9.17) is 5.73 Å². The van der Waals surface area contributed by atoms with Crippen molar-refractivity contribution in [3.8, 4) is 0 Å². The molecule has 0 spiro atoms. The lowest BCUT2D eigenvalue weighted by Gasteiger charge is -2.30. The van der Waals surface area contributed by atoms with Gasteiger partial charge in [-0.2, -0.15) is 0 Å². The summed E-state index contributed by atoms with van der Waals surface area (Å²) < 4.78 is 0. The van der Waals surface area contributed by atoms with Gasteiger partial charge in [0, 0.05) is 13.1 Å². The first-order chi connectivity index (χ1) is 7.28. The Balaban J connectivity index is 2.63. The molecule has 1 heterocycles. The molecule has 16 heavy (non-hydrogen) atoms. The third-order valence-corrected chi connectivity index (χ3v) is 4.21. The van der Waals surface area contributed by atoms with Gasteiger partial charge in [-0.05, 0) is 23.7 Å². The van der Waals surface area contributed by atoms with Crippen LogP contribution in [0.25, 0.3) is 0 Å². The number of hydrogen-bond donors (Lipinski definition) is 1. The van der Waals surface area contributed by atoms with Crippen LogP contribution in [0.1, 0.15) is 41.0 Å². The summed E-state index contributed by atoms with van der Waals surface area (Å²) in [5.41, 5.74) is 6.18. The Morgan fingerprint density at radius 1 is 1.31 bits per heavy atom. The topological polar surface area (TPSA) is 46.3 Å². The predicted octanol–water partition coefficient (Wildman–Crippen LogP) is 1.86. The Morgan fingerprint density at radius 2 is 1.88 bits per heavy atom. The Bertz CT molecular complexity index is 263. The molecule has 0 saturated carbocycles. The zero-order chi connectivity index (χ0) is 12.5. The lowest BCUT2D eigenvalue weighted by molar-refractivity contribution is -0.133. The van der Waals surface area contributed by atoms with Crippen molar-refractivity contribution >= 4 is 5.91 Å². The number of rotatable bonds is 3. The van der Waals surface area contributed by atoms with E-state index >= 15 is 0 Å². The number of amides is 1. The zero-order valence-corrected chi connectivity index (χ0v) is 11.3. The smallest absolute Gasteiger partial charge is 0.239 e. The summed E-state index contributed by atoms with van der Waals surface area (Å²) in [6.45, 7) is 12.5. The molecule has 3 heteroatoms.